The Morgan fingerprint density at radius 1 is 1.18 bits per heavy atom. The van der Waals surface area contributed by atoms with E-state index in [0.29, 0.717) is 24.2 Å². The number of amides is 1. The molecule has 2 aliphatic rings. The Hall–Kier alpha value is -1.60. The summed E-state index contributed by atoms with van der Waals surface area (Å²) in [5, 5.41) is 2.83. The number of benzene rings is 1. The molecule has 2 fully saturated rings. The van der Waals surface area contributed by atoms with Crippen molar-refractivity contribution < 1.29 is 23.8 Å². The van der Waals surface area contributed by atoms with Gasteiger partial charge in [0.05, 0.1) is 12.7 Å². The zero-order valence-corrected chi connectivity index (χ0v) is 22.2. The highest BCUT2D eigenvalue weighted by molar-refractivity contribution is 9.10. The fraction of sp³-hybridized carbons (Fsp3) is 0.692. The number of alkyl carbamates (subject to hydrolysis) is 1. The molecular formula is C26H38BrNO5. The van der Waals surface area contributed by atoms with Crippen molar-refractivity contribution >= 4 is 28.0 Å². The molecule has 1 saturated heterocycles. The summed E-state index contributed by atoms with van der Waals surface area (Å²) < 4.78 is 18.6. The van der Waals surface area contributed by atoms with Crippen LogP contribution in [0.1, 0.15) is 78.9 Å². The molecule has 3 rings (SSSR count). The molecule has 1 saturated carbocycles. The Balaban J connectivity index is 1.82. The lowest BCUT2D eigenvalue weighted by molar-refractivity contribution is -0.164. The van der Waals surface area contributed by atoms with Gasteiger partial charge in [-0.2, -0.15) is 0 Å². The summed E-state index contributed by atoms with van der Waals surface area (Å²) in [7, 11) is 0. The van der Waals surface area contributed by atoms with Crippen molar-refractivity contribution in [2.75, 3.05) is 6.61 Å². The standard InChI is InChI=1S/C26H38BrNO5/c1-16(2)20-12-7-17(3)13-21(20)32-23(29)26(28-24(30)33-25(4,5)6)14-22(31-15-26)18-8-10-19(27)11-9-18/h8-11,16-17,20-22H,7,12-15H2,1-6H3,(H,28,30)/t17-,20-,21+,22-,26+/m0/s1. The number of nitrogens with one attached hydrogen (secondary N) is 1. The number of carbonyl (C=O) groups is 2. The molecule has 5 atom stereocenters. The van der Waals surface area contributed by atoms with Crippen molar-refractivity contribution in [2.24, 2.45) is 17.8 Å². The lowest BCUT2D eigenvalue weighted by atomic mass is 9.75. The lowest BCUT2D eigenvalue weighted by Gasteiger charge is -2.38. The highest BCUT2D eigenvalue weighted by atomic mass is 79.9. The van der Waals surface area contributed by atoms with E-state index in [1.54, 1.807) is 20.8 Å². The summed E-state index contributed by atoms with van der Waals surface area (Å²) in [4.78, 5) is 26.4. The Bertz CT molecular complexity index is 834. The molecule has 0 unspecified atom stereocenters. The van der Waals surface area contributed by atoms with Crippen molar-refractivity contribution in [3.63, 3.8) is 0 Å². The zero-order valence-electron chi connectivity index (χ0n) is 20.7. The molecule has 7 heteroatoms. The van der Waals surface area contributed by atoms with Crippen LogP contribution in [0.25, 0.3) is 0 Å². The molecule has 0 radical (unpaired) electrons. The van der Waals surface area contributed by atoms with Gasteiger partial charge < -0.3 is 19.5 Å². The van der Waals surface area contributed by atoms with E-state index >= 15 is 0 Å². The second-order valence-corrected chi connectivity index (χ2v) is 11.9. The molecular weight excluding hydrogens is 486 g/mol. The van der Waals surface area contributed by atoms with Crippen LogP contribution < -0.4 is 5.32 Å². The van der Waals surface area contributed by atoms with E-state index in [-0.39, 0.29) is 18.8 Å². The number of halogens is 1. The van der Waals surface area contributed by atoms with Crippen molar-refractivity contribution in [1.29, 1.82) is 0 Å². The topological polar surface area (TPSA) is 73.9 Å². The number of esters is 1. The average Bonchev–Trinajstić information content (AvgIpc) is 3.12. The largest absolute Gasteiger partial charge is 0.460 e. The maximum Gasteiger partial charge on any atom is 0.408 e. The zero-order chi connectivity index (χ0) is 24.4. The summed E-state index contributed by atoms with van der Waals surface area (Å²) >= 11 is 3.45. The molecule has 1 amide bonds. The Labute approximate surface area is 206 Å². The molecule has 1 aliphatic heterocycles. The maximum atomic E-state index is 13.7. The third-order valence-corrected chi connectivity index (χ3v) is 7.19. The summed E-state index contributed by atoms with van der Waals surface area (Å²) in [6.07, 6.45) is 2.19. The Morgan fingerprint density at radius 2 is 1.85 bits per heavy atom. The monoisotopic (exact) mass is 523 g/mol. The number of rotatable bonds is 5. The van der Waals surface area contributed by atoms with E-state index < -0.39 is 23.2 Å². The molecule has 0 spiro atoms. The highest BCUT2D eigenvalue weighted by Crippen LogP contribution is 2.40. The van der Waals surface area contributed by atoms with Crippen LogP contribution in [0.15, 0.2) is 28.7 Å². The van der Waals surface area contributed by atoms with Gasteiger partial charge in [-0.25, -0.2) is 9.59 Å². The SMILES string of the molecule is CC(C)[C@@H]1CC[C@H](C)C[C@H]1OC(=O)[C@]1(NC(=O)OC(C)(C)C)CO[C@H](c2ccc(Br)cc2)C1. The van der Waals surface area contributed by atoms with Gasteiger partial charge in [0.1, 0.15) is 11.7 Å². The second kappa shape index (κ2) is 10.3. The second-order valence-electron chi connectivity index (χ2n) is 11.0. The van der Waals surface area contributed by atoms with Gasteiger partial charge in [0.2, 0.25) is 0 Å². The van der Waals surface area contributed by atoms with E-state index in [4.69, 9.17) is 14.2 Å². The predicted octanol–water partition coefficient (Wildman–Crippen LogP) is 6.18. The van der Waals surface area contributed by atoms with Crippen LogP contribution in [0, 0.1) is 17.8 Å². The molecule has 1 aromatic rings. The molecule has 1 heterocycles. The first-order valence-electron chi connectivity index (χ1n) is 12.0. The van der Waals surface area contributed by atoms with Gasteiger partial charge in [-0.05, 0) is 69.1 Å². The van der Waals surface area contributed by atoms with Crippen LogP contribution in [-0.2, 0) is 19.0 Å². The number of ether oxygens (including phenoxy) is 3. The minimum atomic E-state index is -1.29. The molecule has 6 nitrogen and oxygen atoms in total. The fourth-order valence-electron chi connectivity index (χ4n) is 4.85. The van der Waals surface area contributed by atoms with E-state index in [1.165, 1.54) is 0 Å². The van der Waals surface area contributed by atoms with Crippen LogP contribution >= 0.6 is 15.9 Å². The van der Waals surface area contributed by atoms with E-state index in [0.717, 1.165) is 29.3 Å². The summed E-state index contributed by atoms with van der Waals surface area (Å²) in [6.45, 7) is 12.0. The molecule has 1 N–H and O–H groups in total. The lowest BCUT2D eigenvalue weighted by Crippen LogP contribution is -2.58. The van der Waals surface area contributed by atoms with Gasteiger partial charge in [0.15, 0.2) is 5.54 Å². The van der Waals surface area contributed by atoms with Crippen molar-refractivity contribution in [3.8, 4) is 0 Å². The van der Waals surface area contributed by atoms with Crippen LogP contribution in [0.4, 0.5) is 4.79 Å². The average molecular weight is 524 g/mol. The third-order valence-electron chi connectivity index (χ3n) is 6.66. The summed E-state index contributed by atoms with van der Waals surface area (Å²) in [5.74, 6) is 0.800. The maximum absolute atomic E-state index is 13.7. The highest BCUT2D eigenvalue weighted by Gasteiger charge is 2.51. The molecule has 1 aromatic carbocycles. The van der Waals surface area contributed by atoms with E-state index in [9.17, 15) is 9.59 Å². The molecule has 1 aliphatic carbocycles. The number of hydrogen-bond donors (Lipinski definition) is 1. The number of carbonyl (C=O) groups excluding carboxylic acids is 2. The first-order chi connectivity index (χ1) is 15.4. The van der Waals surface area contributed by atoms with Gasteiger partial charge in [-0.1, -0.05) is 55.3 Å². The Morgan fingerprint density at radius 3 is 2.45 bits per heavy atom. The first-order valence-corrected chi connectivity index (χ1v) is 12.8. The van der Waals surface area contributed by atoms with Gasteiger partial charge >= 0.3 is 12.1 Å². The molecule has 0 bridgehead atoms. The van der Waals surface area contributed by atoms with Crippen molar-refractivity contribution in [3.05, 3.63) is 34.3 Å². The van der Waals surface area contributed by atoms with Crippen LogP contribution in [0.2, 0.25) is 0 Å². The molecule has 184 valence electrons. The van der Waals surface area contributed by atoms with Gasteiger partial charge in [0, 0.05) is 10.9 Å². The third kappa shape index (κ3) is 6.72. The quantitative estimate of drug-likeness (QED) is 0.466. The van der Waals surface area contributed by atoms with Crippen molar-refractivity contribution in [2.45, 2.75) is 90.6 Å². The summed E-state index contributed by atoms with van der Waals surface area (Å²) in [5.41, 5.74) is -1.02. The predicted molar refractivity (Wildman–Crippen MR) is 131 cm³/mol. The van der Waals surface area contributed by atoms with Gasteiger partial charge in [-0.15, -0.1) is 0 Å². The van der Waals surface area contributed by atoms with Crippen LogP contribution in [-0.4, -0.2) is 35.9 Å². The normalized spacial score (nSPS) is 30.2. The van der Waals surface area contributed by atoms with Crippen LogP contribution in [0.3, 0.4) is 0 Å². The summed E-state index contributed by atoms with van der Waals surface area (Å²) in [6, 6.07) is 7.80. The molecule has 33 heavy (non-hydrogen) atoms. The Kier molecular flexibility index (Phi) is 8.15. The van der Waals surface area contributed by atoms with Crippen molar-refractivity contribution in [1.82, 2.24) is 5.32 Å². The smallest absolute Gasteiger partial charge is 0.408 e. The van der Waals surface area contributed by atoms with Gasteiger partial charge in [-0.3, -0.25) is 0 Å². The minimum absolute atomic E-state index is 0.0421. The van der Waals surface area contributed by atoms with E-state index in [2.05, 4.69) is 42.0 Å². The van der Waals surface area contributed by atoms with E-state index in [1.807, 2.05) is 24.3 Å². The minimum Gasteiger partial charge on any atom is -0.460 e. The first kappa shape index (κ1) is 26.0. The van der Waals surface area contributed by atoms with Crippen LogP contribution in [0.5, 0.6) is 0 Å². The number of hydrogen-bond acceptors (Lipinski definition) is 5. The molecule has 0 aromatic heterocycles. The van der Waals surface area contributed by atoms with Gasteiger partial charge in [0.25, 0.3) is 0 Å². The fourth-order valence-corrected chi connectivity index (χ4v) is 5.11.